The van der Waals surface area contributed by atoms with Crippen LogP contribution in [0.5, 0.6) is 0 Å². The van der Waals surface area contributed by atoms with Crippen molar-refractivity contribution in [1.82, 2.24) is 10.2 Å². The van der Waals surface area contributed by atoms with E-state index in [4.69, 9.17) is 16.3 Å². The first kappa shape index (κ1) is 16.5. The molecule has 6 heteroatoms. The first-order chi connectivity index (χ1) is 9.58. The van der Waals surface area contributed by atoms with Crippen molar-refractivity contribution in [2.45, 2.75) is 5.88 Å². The number of benzene rings is 1. The number of carbonyl (C=O) groups is 2. The van der Waals surface area contributed by atoms with Crippen LogP contribution in [0.25, 0.3) is 0 Å². The highest BCUT2D eigenvalue weighted by Crippen LogP contribution is 2.09. The number of alkyl halides is 1. The first-order valence-electron chi connectivity index (χ1n) is 6.24. The zero-order chi connectivity index (χ0) is 15.0. The third kappa shape index (κ3) is 5.19. The molecule has 0 saturated heterocycles. The highest BCUT2D eigenvalue weighted by molar-refractivity contribution is 6.17. The minimum absolute atomic E-state index is 0.00759. The normalized spacial score (nSPS) is 10.2. The fourth-order valence-electron chi connectivity index (χ4n) is 1.64. The fraction of sp³-hybridized carbons (Fsp3) is 0.429. The van der Waals surface area contributed by atoms with Crippen molar-refractivity contribution < 1.29 is 14.3 Å². The van der Waals surface area contributed by atoms with Crippen molar-refractivity contribution in [3.63, 3.8) is 0 Å². The van der Waals surface area contributed by atoms with Gasteiger partial charge in [0.15, 0.2) is 0 Å². The topological polar surface area (TPSA) is 58.6 Å². The Morgan fingerprint density at radius 3 is 2.80 bits per heavy atom. The van der Waals surface area contributed by atoms with Crippen LogP contribution in [-0.2, 0) is 15.4 Å². The molecule has 0 spiro atoms. The molecule has 2 amide bonds. The highest BCUT2D eigenvalue weighted by atomic mass is 35.5. The van der Waals surface area contributed by atoms with Crippen molar-refractivity contribution in [2.75, 3.05) is 33.9 Å². The molecule has 0 radical (unpaired) electrons. The maximum atomic E-state index is 12.2. The molecule has 0 unspecified atom stereocenters. The number of amides is 2. The number of methoxy groups -OCH3 is 1. The Hall–Kier alpha value is -1.59. The van der Waals surface area contributed by atoms with E-state index in [9.17, 15) is 9.59 Å². The molecule has 0 atom stereocenters. The van der Waals surface area contributed by atoms with Crippen LogP contribution < -0.4 is 5.32 Å². The van der Waals surface area contributed by atoms with Crippen molar-refractivity contribution >= 4 is 23.4 Å². The van der Waals surface area contributed by atoms with E-state index in [1.54, 1.807) is 32.4 Å². The monoisotopic (exact) mass is 298 g/mol. The van der Waals surface area contributed by atoms with Gasteiger partial charge < -0.3 is 15.0 Å². The molecule has 0 heterocycles. The highest BCUT2D eigenvalue weighted by Gasteiger charge is 2.14. The van der Waals surface area contributed by atoms with E-state index < -0.39 is 0 Å². The summed E-state index contributed by atoms with van der Waals surface area (Å²) in [5.41, 5.74) is 1.39. The molecule has 1 rings (SSSR count). The number of ether oxygens (including phenoxy) is 1. The number of hydrogen-bond acceptors (Lipinski definition) is 3. The Kier molecular flexibility index (Phi) is 7.04. The summed E-state index contributed by atoms with van der Waals surface area (Å²) in [5.74, 6) is -0.0761. The Morgan fingerprint density at radius 2 is 2.15 bits per heavy atom. The molecular formula is C14H19ClN2O3. The zero-order valence-corrected chi connectivity index (χ0v) is 12.4. The molecule has 110 valence electrons. The predicted octanol–water partition coefficient (Wildman–Crippen LogP) is 1.26. The quantitative estimate of drug-likeness (QED) is 0.609. The number of carbonyl (C=O) groups excluding carboxylic acids is 2. The van der Waals surface area contributed by atoms with Gasteiger partial charge in [0.1, 0.15) is 0 Å². The molecule has 5 nitrogen and oxygen atoms in total. The summed E-state index contributed by atoms with van der Waals surface area (Å²) >= 11 is 5.74. The van der Waals surface area contributed by atoms with Gasteiger partial charge in [-0.25, -0.2) is 0 Å². The fourth-order valence-corrected chi connectivity index (χ4v) is 1.81. The summed E-state index contributed by atoms with van der Waals surface area (Å²) in [6, 6.07) is 7.06. The summed E-state index contributed by atoms with van der Waals surface area (Å²) < 4.78 is 4.83. The minimum atomic E-state index is -0.216. The Labute approximate surface area is 123 Å². The van der Waals surface area contributed by atoms with Crippen LogP contribution in [0.4, 0.5) is 0 Å². The standard InChI is InChI=1S/C14H19ClN2O3/c1-17(10-13(18)16-6-7-20-2)14(19)12-5-3-4-11(8-12)9-15/h3-5,8H,6-7,9-10H2,1-2H3,(H,16,18). The summed E-state index contributed by atoms with van der Waals surface area (Å²) in [4.78, 5) is 25.1. The number of nitrogens with one attached hydrogen (secondary N) is 1. The third-order valence-corrected chi connectivity index (χ3v) is 2.99. The van der Waals surface area contributed by atoms with Gasteiger partial charge in [0.25, 0.3) is 5.91 Å². The van der Waals surface area contributed by atoms with Crippen LogP contribution >= 0.6 is 11.6 Å². The van der Waals surface area contributed by atoms with Crippen LogP contribution in [0.3, 0.4) is 0 Å². The maximum Gasteiger partial charge on any atom is 0.254 e. The van der Waals surface area contributed by atoms with Crippen LogP contribution in [0.1, 0.15) is 15.9 Å². The minimum Gasteiger partial charge on any atom is -0.383 e. The van der Waals surface area contributed by atoms with E-state index in [2.05, 4.69) is 5.32 Å². The average molecular weight is 299 g/mol. The van der Waals surface area contributed by atoms with Gasteiger partial charge in [0.05, 0.1) is 13.2 Å². The number of rotatable bonds is 7. The summed E-state index contributed by atoms with van der Waals surface area (Å²) in [6.07, 6.45) is 0. The molecule has 1 aromatic rings. The molecule has 1 aromatic carbocycles. The zero-order valence-electron chi connectivity index (χ0n) is 11.7. The molecule has 0 saturated carbocycles. The van der Waals surface area contributed by atoms with Gasteiger partial charge in [-0.05, 0) is 17.7 Å². The van der Waals surface area contributed by atoms with Crippen molar-refractivity contribution in [3.8, 4) is 0 Å². The van der Waals surface area contributed by atoms with Crippen molar-refractivity contribution in [1.29, 1.82) is 0 Å². The second-order valence-electron chi connectivity index (χ2n) is 4.34. The lowest BCUT2D eigenvalue weighted by Gasteiger charge is -2.17. The van der Waals surface area contributed by atoms with Crippen LogP contribution in [0, 0.1) is 0 Å². The van der Waals surface area contributed by atoms with Gasteiger partial charge >= 0.3 is 0 Å². The van der Waals surface area contributed by atoms with Gasteiger partial charge in [-0.2, -0.15) is 0 Å². The first-order valence-corrected chi connectivity index (χ1v) is 6.78. The number of nitrogens with zero attached hydrogens (tertiary/aromatic N) is 1. The Bertz CT molecular complexity index is 465. The van der Waals surface area contributed by atoms with Crippen molar-refractivity contribution in [2.24, 2.45) is 0 Å². The lowest BCUT2D eigenvalue weighted by atomic mass is 10.1. The van der Waals surface area contributed by atoms with E-state index in [1.807, 2.05) is 6.07 Å². The summed E-state index contributed by atoms with van der Waals surface area (Å²) in [5, 5.41) is 2.66. The number of likely N-dealkylation sites (N-methyl/N-ethyl adjacent to an activating group) is 1. The van der Waals surface area contributed by atoms with E-state index in [-0.39, 0.29) is 18.4 Å². The largest absolute Gasteiger partial charge is 0.383 e. The van der Waals surface area contributed by atoms with E-state index >= 15 is 0 Å². The molecule has 0 aliphatic carbocycles. The molecule has 0 aromatic heterocycles. The van der Waals surface area contributed by atoms with Crippen LogP contribution in [0.15, 0.2) is 24.3 Å². The molecule has 1 N–H and O–H groups in total. The molecule has 20 heavy (non-hydrogen) atoms. The molecule has 0 aliphatic heterocycles. The van der Waals surface area contributed by atoms with Crippen molar-refractivity contribution in [3.05, 3.63) is 35.4 Å². The number of hydrogen-bond donors (Lipinski definition) is 1. The van der Waals surface area contributed by atoms with Crippen LogP contribution in [-0.4, -0.2) is 50.6 Å². The molecule has 0 fully saturated rings. The van der Waals surface area contributed by atoms with Crippen LogP contribution in [0.2, 0.25) is 0 Å². The molecule has 0 bridgehead atoms. The smallest absolute Gasteiger partial charge is 0.254 e. The van der Waals surface area contributed by atoms with Gasteiger partial charge in [-0.3, -0.25) is 9.59 Å². The Morgan fingerprint density at radius 1 is 1.40 bits per heavy atom. The molecule has 0 aliphatic rings. The van der Waals surface area contributed by atoms with E-state index in [1.165, 1.54) is 4.90 Å². The summed E-state index contributed by atoms with van der Waals surface area (Å²) in [7, 11) is 3.15. The Balaban J connectivity index is 2.55. The lowest BCUT2D eigenvalue weighted by Crippen LogP contribution is -2.39. The van der Waals surface area contributed by atoms with Gasteiger partial charge in [0.2, 0.25) is 5.91 Å². The third-order valence-electron chi connectivity index (χ3n) is 2.68. The maximum absolute atomic E-state index is 12.2. The summed E-state index contributed by atoms with van der Waals surface area (Å²) in [6.45, 7) is 0.883. The van der Waals surface area contributed by atoms with Gasteiger partial charge in [-0.15, -0.1) is 11.6 Å². The number of halogens is 1. The second kappa shape index (κ2) is 8.55. The lowest BCUT2D eigenvalue weighted by molar-refractivity contribution is -0.121. The molecular weight excluding hydrogens is 280 g/mol. The SMILES string of the molecule is COCCNC(=O)CN(C)C(=O)c1cccc(CCl)c1. The average Bonchev–Trinajstić information content (AvgIpc) is 2.46. The van der Waals surface area contributed by atoms with Gasteiger partial charge in [0, 0.05) is 32.1 Å². The van der Waals surface area contributed by atoms with E-state index in [0.29, 0.717) is 24.6 Å². The predicted molar refractivity (Wildman–Crippen MR) is 77.8 cm³/mol. The second-order valence-corrected chi connectivity index (χ2v) is 4.61. The van der Waals surface area contributed by atoms with E-state index in [0.717, 1.165) is 5.56 Å². The van der Waals surface area contributed by atoms with Gasteiger partial charge in [-0.1, -0.05) is 12.1 Å².